The van der Waals surface area contributed by atoms with Crippen LogP contribution in [0.4, 0.5) is 10.6 Å². The van der Waals surface area contributed by atoms with E-state index in [1.807, 2.05) is 12.1 Å². The Hall–Kier alpha value is -2.60. The van der Waals surface area contributed by atoms with Gasteiger partial charge in [0.1, 0.15) is 5.82 Å². The molecule has 136 valence electrons. The summed E-state index contributed by atoms with van der Waals surface area (Å²) >= 11 is 17.8. The first-order chi connectivity index (χ1) is 12.9. The number of halogens is 3. The molecule has 1 heterocycles. The number of imide groups is 1. The van der Waals surface area contributed by atoms with Gasteiger partial charge in [0.2, 0.25) is 0 Å². The second kappa shape index (κ2) is 8.39. The average molecular weight is 421 g/mol. The predicted molar refractivity (Wildman–Crippen MR) is 108 cm³/mol. The van der Waals surface area contributed by atoms with Crippen molar-refractivity contribution >= 4 is 52.6 Å². The van der Waals surface area contributed by atoms with Crippen molar-refractivity contribution < 1.29 is 9.59 Å². The van der Waals surface area contributed by atoms with Crippen LogP contribution < -0.4 is 10.6 Å². The molecule has 0 spiro atoms. The van der Waals surface area contributed by atoms with Crippen molar-refractivity contribution in [3.8, 4) is 11.1 Å². The van der Waals surface area contributed by atoms with Crippen LogP contribution >= 0.6 is 34.8 Å². The van der Waals surface area contributed by atoms with Gasteiger partial charge in [0.25, 0.3) is 5.91 Å². The van der Waals surface area contributed by atoms with Gasteiger partial charge < -0.3 is 0 Å². The summed E-state index contributed by atoms with van der Waals surface area (Å²) in [5, 5.41) is 5.59. The summed E-state index contributed by atoms with van der Waals surface area (Å²) in [6.45, 7) is 0. The number of nitrogens with one attached hydrogen (secondary N) is 2. The van der Waals surface area contributed by atoms with Gasteiger partial charge in [-0.1, -0.05) is 53.0 Å². The molecule has 0 atom stereocenters. The SMILES string of the molecule is O=C(NC(=O)c1c(Cl)cccc1Cl)Nc1ccc(-c2ccc(Cl)cc2)cn1. The molecule has 27 heavy (non-hydrogen) atoms. The largest absolute Gasteiger partial charge is 0.327 e. The van der Waals surface area contributed by atoms with Crippen LogP contribution in [0.3, 0.4) is 0 Å². The highest BCUT2D eigenvalue weighted by Gasteiger charge is 2.17. The molecule has 0 aliphatic heterocycles. The molecule has 3 rings (SSSR count). The molecular formula is C19H12Cl3N3O2. The fraction of sp³-hybridized carbons (Fsp3) is 0. The third-order valence-electron chi connectivity index (χ3n) is 3.60. The number of hydrogen-bond acceptors (Lipinski definition) is 3. The number of carbonyl (C=O) groups excluding carboxylic acids is 2. The molecule has 3 amide bonds. The van der Waals surface area contributed by atoms with Gasteiger partial charge in [-0.25, -0.2) is 9.78 Å². The van der Waals surface area contributed by atoms with Crippen LogP contribution in [-0.2, 0) is 0 Å². The maximum absolute atomic E-state index is 12.2. The summed E-state index contributed by atoms with van der Waals surface area (Å²) in [7, 11) is 0. The number of nitrogens with zero attached hydrogens (tertiary/aromatic N) is 1. The van der Waals surface area contributed by atoms with Crippen LogP contribution in [0.25, 0.3) is 11.1 Å². The van der Waals surface area contributed by atoms with Gasteiger partial charge >= 0.3 is 6.03 Å². The maximum Gasteiger partial charge on any atom is 0.327 e. The fourth-order valence-electron chi connectivity index (χ4n) is 2.31. The number of benzene rings is 2. The minimum absolute atomic E-state index is 0.0297. The molecule has 0 fully saturated rings. The maximum atomic E-state index is 12.2. The lowest BCUT2D eigenvalue weighted by Gasteiger charge is -2.09. The van der Waals surface area contributed by atoms with Crippen LogP contribution in [0.5, 0.6) is 0 Å². The average Bonchev–Trinajstić information content (AvgIpc) is 2.63. The smallest absolute Gasteiger partial charge is 0.292 e. The summed E-state index contributed by atoms with van der Waals surface area (Å²) in [5.74, 6) is -0.427. The molecule has 0 bridgehead atoms. The van der Waals surface area contributed by atoms with E-state index >= 15 is 0 Å². The number of anilines is 1. The third kappa shape index (κ3) is 4.77. The van der Waals surface area contributed by atoms with Crippen LogP contribution in [0.2, 0.25) is 15.1 Å². The van der Waals surface area contributed by atoms with Gasteiger partial charge in [-0.3, -0.25) is 15.4 Å². The predicted octanol–water partition coefficient (Wildman–Crippen LogP) is 5.67. The van der Waals surface area contributed by atoms with Crippen LogP contribution in [0.1, 0.15) is 10.4 Å². The van der Waals surface area contributed by atoms with Crippen LogP contribution in [-0.4, -0.2) is 16.9 Å². The topological polar surface area (TPSA) is 71.1 Å². The monoisotopic (exact) mass is 419 g/mol. The zero-order valence-electron chi connectivity index (χ0n) is 13.7. The van der Waals surface area contributed by atoms with Gasteiger partial charge in [0.15, 0.2) is 0 Å². The Kier molecular flexibility index (Phi) is 5.96. The van der Waals surface area contributed by atoms with E-state index in [1.165, 1.54) is 12.1 Å². The quantitative estimate of drug-likeness (QED) is 0.573. The van der Waals surface area contributed by atoms with Gasteiger partial charge in [0, 0.05) is 16.8 Å². The minimum atomic E-state index is -0.747. The Balaban J connectivity index is 1.66. The number of amides is 3. The van der Waals surface area contributed by atoms with E-state index in [0.717, 1.165) is 11.1 Å². The first-order valence-corrected chi connectivity index (χ1v) is 8.86. The third-order valence-corrected chi connectivity index (χ3v) is 4.48. The van der Waals surface area contributed by atoms with Crippen molar-refractivity contribution in [2.45, 2.75) is 0 Å². The molecule has 3 aromatic rings. The van der Waals surface area contributed by atoms with Crippen molar-refractivity contribution in [2.75, 3.05) is 5.32 Å². The van der Waals surface area contributed by atoms with Gasteiger partial charge in [-0.05, 0) is 42.0 Å². The highest BCUT2D eigenvalue weighted by molar-refractivity contribution is 6.40. The lowest BCUT2D eigenvalue weighted by molar-refractivity contribution is 0.0967. The molecular weight excluding hydrogens is 409 g/mol. The minimum Gasteiger partial charge on any atom is -0.292 e. The van der Waals surface area contributed by atoms with Crippen molar-refractivity contribution in [3.63, 3.8) is 0 Å². The molecule has 0 saturated heterocycles. The van der Waals surface area contributed by atoms with Crippen LogP contribution in [0, 0.1) is 0 Å². The van der Waals surface area contributed by atoms with E-state index in [9.17, 15) is 9.59 Å². The number of urea groups is 1. The zero-order valence-corrected chi connectivity index (χ0v) is 15.9. The lowest BCUT2D eigenvalue weighted by Crippen LogP contribution is -2.34. The molecule has 1 aromatic heterocycles. The molecule has 2 aromatic carbocycles. The Morgan fingerprint density at radius 3 is 2.04 bits per heavy atom. The lowest BCUT2D eigenvalue weighted by atomic mass is 10.1. The summed E-state index contributed by atoms with van der Waals surface area (Å²) in [6, 6.07) is 14.6. The van der Waals surface area contributed by atoms with E-state index < -0.39 is 11.9 Å². The number of carbonyl (C=O) groups is 2. The van der Waals surface area contributed by atoms with Crippen molar-refractivity contribution in [1.29, 1.82) is 0 Å². The van der Waals surface area contributed by atoms with Gasteiger partial charge in [-0.15, -0.1) is 0 Å². The van der Waals surface area contributed by atoms with Crippen LogP contribution in [0.15, 0.2) is 60.8 Å². The normalized spacial score (nSPS) is 10.3. The highest BCUT2D eigenvalue weighted by Crippen LogP contribution is 2.24. The summed E-state index contributed by atoms with van der Waals surface area (Å²) < 4.78 is 0. The van der Waals surface area contributed by atoms with E-state index in [2.05, 4.69) is 15.6 Å². The molecule has 0 aliphatic rings. The van der Waals surface area contributed by atoms with E-state index in [4.69, 9.17) is 34.8 Å². The van der Waals surface area contributed by atoms with Gasteiger partial charge in [-0.2, -0.15) is 0 Å². The highest BCUT2D eigenvalue weighted by atomic mass is 35.5. The second-order valence-corrected chi connectivity index (χ2v) is 6.69. The number of hydrogen-bond donors (Lipinski definition) is 2. The Labute approximate surface area is 170 Å². The van der Waals surface area contributed by atoms with Crippen molar-refractivity contribution in [2.24, 2.45) is 0 Å². The number of pyridine rings is 1. The van der Waals surface area contributed by atoms with Gasteiger partial charge in [0.05, 0.1) is 15.6 Å². The molecule has 8 heteroatoms. The first kappa shape index (κ1) is 19.2. The second-order valence-electron chi connectivity index (χ2n) is 5.44. The standard InChI is InChI=1S/C19H12Cl3N3O2/c20-13-7-4-11(5-8-13)12-6-9-16(23-10-12)24-19(27)25-18(26)17-14(21)2-1-3-15(17)22/h1-10H,(H2,23,24,25,26,27). The fourth-order valence-corrected chi connectivity index (χ4v) is 3.00. The Morgan fingerprint density at radius 1 is 0.815 bits per heavy atom. The van der Waals surface area contributed by atoms with Crippen molar-refractivity contribution in [3.05, 3.63) is 81.4 Å². The van der Waals surface area contributed by atoms with E-state index in [1.54, 1.807) is 36.5 Å². The first-order valence-electron chi connectivity index (χ1n) is 7.72. The number of rotatable bonds is 3. The Morgan fingerprint density at radius 2 is 1.44 bits per heavy atom. The molecule has 2 N–H and O–H groups in total. The van der Waals surface area contributed by atoms with Crippen molar-refractivity contribution in [1.82, 2.24) is 10.3 Å². The molecule has 0 unspecified atom stereocenters. The molecule has 0 saturated carbocycles. The number of aromatic nitrogens is 1. The molecule has 0 radical (unpaired) electrons. The Bertz CT molecular complexity index is 970. The summed E-state index contributed by atoms with van der Waals surface area (Å²) in [6.07, 6.45) is 1.60. The summed E-state index contributed by atoms with van der Waals surface area (Å²) in [4.78, 5) is 28.4. The molecule has 0 aliphatic carbocycles. The van der Waals surface area contributed by atoms with E-state index in [0.29, 0.717) is 5.02 Å². The van der Waals surface area contributed by atoms with E-state index in [-0.39, 0.29) is 21.4 Å². The zero-order chi connectivity index (χ0) is 19.4. The summed E-state index contributed by atoms with van der Waals surface area (Å²) in [5.41, 5.74) is 1.82. The molecule has 5 nitrogen and oxygen atoms in total.